The molecule has 0 bridgehead atoms. The van der Waals surface area contributed by atoms with Crippen LogP contribution in [-0.2, 0) is 33.5 Å². The van der Waals surface area contributed by atoms with Crippen molar-refractivity contribution in [2.24, 2.45) is 28.9 Å². The Labute approximate surface area is 325 Å². The predicted octanol–water partition coefficient (Wildman–Crippen LogP) is 3.81. The molecule has 14 heteroatoms. The predicted molar refractivity (Wildman–Crippen MR) is 206 cm³/mol. The van der Waals surface area contributed by atoms with Gasteiger partial charge < -0.3 is 36.6 Å². The summed E-state index contributed by atoms with van der Waals surface area (Å²) in [5.74, 6) is -4.42. The molecule has 4 rings (SSSR count). The standard InChI is InChI=1S/C41H62N6O8/c1-24(35(50)45-31(34(42)49)27-14-10-8-11-15-27)43-37(52)33(48)29(20-25-18-19-25)44-36(51)30-21-26(22-40(2,3)4)23-47(30)38(53)32(28-16-12-9-13-17-28)46-39(54)55-41(5,6)7/h8,10-11,14-15,24-26,28-32H,9,12-13,16-23H2,1-7H3,(H2,42,49)(H,43,52)(H,44,51)(H,45,50)(H,46,54)/t24-,26-,29?,30-,31-,32-/m0/s1. The van der Waals surface area contributed by atoms with E-state index in [0.717, 1.165) is 51.4 Å². The monoisotopic (exact) mass is 766 g/mol. The van der Waals surface area contributed by atoms with E-state index in [0.29, 0.717) is 18.5 Å². The molecular formula is C41H62N6O8. The minimum Gasteiger partial charge on any atom is -0.444 e. The third-order valence-corrected chi connectivity index (χ3v) is 10.5. The molecule has 3 aliphatic rings. The van der Waals surface area contributed by atoms with Crippen LogP contribution in [0.15, 0.2) is 30.3 Å². The van der Waals surface area contributed by atoms with E-state index in [2.05, 4.69) is 42.0 Å². The first-order chi connectivity index (χ1) is 25.7. The van der Waals surface area contributed by atoms with Crippen molar-refractivity contribution >= 4 is 41.4 Å². The summed E-state index contributed by atoms with van der Waals surface area (Å²) in [4.78, 5) is 95.7. The summed E-state index contributed by atoms with van der Waals surface area (Å²) in [5, 5.41) is 10.6. The van der Waals surface area contributed by atoms with E-state index in [1.165, 1.54) is 6.92 Å². The van der Waals surface area contributed by atoms with Crippen molar-refractivity contribution in [1.82, 2.24) is 26.2 Å². The Hall–Kier alpha value is -4.49. The minimum absolute atomic E-state index is 0.0198. The molecule has 6 amide bonds. The number of ketones is 1. The highest BCUT2D eigenvalue weighted by atomic mass is 16.6. The van der Waals surface area contributed by atoms with E-state index >= 15 is 0 Å². The average Bonchev–Trinajstić information content (AvgIpc) is 3.83. The van der Waals surface area contributed by atoms with E-state index < -0.39 is 71.3 Å². The van der Waals surface area contributed by atoms with Crippen LogP contribution in [0.5, 0.6) is 0 Å². The Bertz CT molecular complexity index is 1560. The number of nitrogens with two attached hydrogens (primary N) is 1. The Morgan fingerprint density at radius 3 is 2.04 bits per heavy atom. The number of hydrogen-bond acceptors (Lipinski definition) is 8. The molecule has 0 spiro atoms. The fourth-order valence-corrected chi connectivity index (χ4v) is 7.80. The second-order valence-electron chi connectivity index (χ2n) is 17.9. The number of nitrogens with zero attached hydrogens (tertiary/aromatic N) is 1. The molecule has 2 saturated carbocycles. The van der Waals surface area contributed by atoms with E-state index in [-0.39, 0.29) is 35.5 Å². The third-order valence-electron chi connectivity index (χ3n) is 10.5. The summed E-state index contributed by atoms with van der Waals surface area (Å²) in [7, 11) is 0. The Balaban J connectivity index is 1.51. The van der Waals surface area contributed by atoms with Gasteiger partial charge >= 0.3 is 6.09 Å². The highest BCUT2D eigenvalue weighted by Crippen LogP contribution is 2.37. The first-order valence-corrected chi connectivity index (χ1v) is 19.8. The fourth-order valence-electron chi connectivity index (χ4n) is 7.80. The molecule has 1 unspecified atom stereocenters. The maximum Gasteiger partial charge on any atom is 0.408 e. The van der Waals surface area contributed by atoms with Crippen molar-refractivity contribution in [2.45, 2.75) is 148 Å². The summed E-state index contributed by atoms with van der Waals surface area (Å²) in [6, 6.07) is 3.02. The molecule has 6 atom stereocenters. The molecule has 1 aromatic rings. The zero-order valence-corrected chi connectivity index (χ0v) is 33.6. The number of Topliss-reactive ketones (excluding diaryl/α,β-unsaturated/α-hetero) is 1. The number of alkyl carbamates (subject to hydrolysis) is 1. The van der Waals surface area contributed by atoms with Gasteiger partial charge in [0.1, 0.15) is 29.8 Å². The molecule has 55 heavy (non-hydrogen) atoms. The van der Waals surface area contributed by atoms with Crippen LogP contribution in [0.1, 0.15) is 124 Å². The van der Waals surface area contributed by atoms with Crippen LogP contribution >= 0.6 is 0 Å². The normalized spacial score (nSPS) is 21.3. The van der Waals surface area contributed by atoms with E-state index in [9.17, 15) is 33.6 Å². The van der Waals surface area contributed by atoms with Crippen LogP contribution < -0.4 is 27.0 Å². The van der Waals surface area contributed by atoms with E-state index in [1.807, 2.05) is 0 Å². The molecule has 3 fully saturated rings. The van der Waals surface area contributed by atoms with Crippen molar-refractivity contribution < 1.29 is 38.3 Å². The van der Waals surface area contributed by atoms with Crippen LogP contribution in [-0.4, -0.2) is 82.6 Å². The lowest BCUT2D eigenvalue weighted by molar-refractivity contribution is -0.144. The van der Waals surface area contributed by atoms with Crippen LogP contribution in [0, 0.1) is 23.2 Å². The summed E-state index contributed by atoms with van der Waals surface area (Å²) in [5.41, 5.74) is 5.13. The smallest absolute Gasteiger partial charge is 0.408 e. The summed E-state index contributed by atoms with van der Waals surface area (Å²) >= 11 is 0. The number of primary amides is 1. The van der Waals surface area contributed by atoms with Gasteiger partial charge in [-0.05, 0) is 88.5 Å². The zero-order chi connectivity index (χ0) is 40.7. The number of nitrogens with one attached hydrogen (secondary N) is 4. The number of rotatable bonds is 15. The van der Waals surface area contributed by atoms with Gasteiger partial charge in [0, 0.05) is 6.54 Å². The van der Waals surface area contributed by atoms with Gasteiger partial charge in [-0.25, -0.2) is 4.79 Å². The average molecular weight is 767 g/mol. The maximum absolute atomic E-state index is 14.6. The van der Waals surface area contributed by atoms with Gasteiger partial charge in [0.2, 0.25) is 29.4 Å². The number of carbonyl (C=O) groups is 7. The van der Waals surface area contributed by atoms with E-state index in [1.54, 1.807) is 56.0 Å². The van der Waals surface area contributed by atoms with Crippen LogP contribution in [0.3, 0.4) is 0 Å². The first kappa shape index (κ1) is 43.2. The molecule has 1 heterocycles. The molecule has 14 nitrogen and oxygen atoms in total. The lowest BCUT2D eigenvalue weighted by Gasteiger charge is -2.35. The number of hydrogen-bond donors (Lipinski definition) is 5. The number of carbonyl (C=O) groups excluding carboxylic acids is 7. The van der Waals surface area contributed by atoms with E-state index in [4.69, 9.17) is 10.5 Å². The summed E-state index contributed by atoms with van der Waals surface area (Å²) in [6.07, 6.45) is 6.70. The summed E-state index contributed by atoms with van der Waals surface area (Å²) < 4.78 is 5.55. The number of benzene rings is 1. The third kappa shape index (κ3) is 13.1. The molecule has 6 N–H and O–H groups in total. The van der Waals surface area contributed by atoms with Crippen LogP contribution in [0.2, 0.25) is 0 Å². The topological polar surface area (TPSA) is 206 Å². The van der Waals surface area contributed by atoms with Gasteiger partial charge in [0.15, 0.2) is 0 Å². The molecular weight excluding hydrogens is 704 g/mol. The second kappa shape index (κ2) is 18.4. The van der Waals surface area contributed by atoms with Gasteiger partial charge in [-0.3, -0.25) is 28.8 Å². The van der Waals surface area contributed by atoms with Gasteiger partial charge in [0.05, 0.1) is 6.04 Å². The molecule has 1 aliphatic heterocycles. The second-order valence-corrected chi connectivity index (χ2v) is 17.9. The lowest BCUT2D eigenvalue weighted by atomic mass is 9.83. The highest BCUT2D eigenvalue weighted by molar-refractivity contribution is 6.38. The number of amides is 6. The SMILES string of the molecule is C[C@H](NC(=O)C(=O)C(CC1CC1)NC(=O)[C@@H]1C[C@@H](CC(C)(C)C)CN1C(=O)[C@@H](NC(=O)OC(C)(C)C)C1CCCCC1)C(=O)N[C@H](C(N)=O)c1ccccc1. The molecule has 2 aliphatic carbocycles. The molecule has 1 aromatic carbocycles. The quantitative estimate of drug-likeness (QED) is 0.166. The number of ether oxygens (including phenoxy) is 1. The highest BCUT2D eigenvalue weighted by Gasteiger charge is 2.46. The fraction of sp³-hybridized carbons (Fsp3) is 0.683. The number of likely N-dealkylation sites (tertiary alicyclic amines) is 1. The van der Waals surface area contributed by atoms with Gasteiger partial charge in [-0.2, -0.15) is 0 Å². The lowest BCUT2D eigenvalue weighted by Crippen LogP contribution is -2.58. The molecule has 0 radical (unpaired) electrons. The van der Waals surface area contributed by atoms with Crippen LogP contribution in [0.25, 0.3) is 0 Å². The van der Waals surface area contributed by atoms with Crippen molar-refractivity contribution in [1.29, 1.82) is 0 Å². The van der Waals surface area contributed by atoms with Gasteiger partial charge in [-0.1, -0.05) is 83.2 Å². The Morgan fingerprint density at radius 2 is 1.47 bits per heavy atom. The van der Waals surface area contributed by atoms with Gasteiger partial charge in [0.25, 0.3) is 5.91 Å². The van der Waals surface area contributed by atoms with Crippen LogP contribution in [0.4, 0.5) is 4.79 Å². The Morgan fingerprint density at radius 1 is 0.836 bits per heavy atom. The molecule has 0 aromatic heterocycles. The van der Waals surface area contributed by atoms with Crippen molar-refractivity contribution in [2.75, 3.05) is 6.54 Å². The zero-order valence-electron chi connectivity index (χ0n) is 33.6. The Kier molecular flexibility index (Phi) is 14.5. The first-order valence-electron chi connectivity index (χ1n) is 19.8. The summed E-state index contributed by atoms with van der Waals surface area (Å²) in [6.45, 7) is 13.2. The largest absolute Gasteiger partial charge is 0.444 e. The van der Waals surface area contributed by atoms with Crippen molar-refractivity contribution in [3.8, 4) is 0 Å². The molecule has 304 valence electrons. The minimum atomic E-state index is -1.21. The molecule has 1 saturated heterocycles. The van der Waals surface area contributed by atoms with Crippen molar-refractivity contribution in [3.05, 3.63) is 35.9 Å². The van der Waals surface area contributed by atoms with Crippen molar-refractivity contribution in [3.63, 3.8) is 0 Å². The maximum atomic E-state index is 14.6. The van der Waals surface area contributed by atoms with Gasteiger partial charge in [-0.15, -0.1) is 0 Å².